The Morgan fingerprint density at radius 1 is 1.70 bits per heavy atom. The van der Waals surface area contributed by atoms with Gasteiger partial charge in [0.2, 0.25) is 0 Å². The van der Waals surface area contributed by atoms with Crippen molar-refractivity contribution in [3.8, 4) is 0 Å². The van der Waals surface area contributed by atoms with Gasteiger partial charge in [0.1, 0.15) is 12.0 Å². The Hall–Kier alpha value is -0.860. The van der Waals surface area contributed by atoms with Crippen LogP contribution in [0, 0.1) is 0 Å². The van der Waals surface area contributed by atoms with Crippen LogP contribution in [0.25, 0.3) is 0 Å². The molecule has 3 nitrogen and oxygen atoms in total. The molecule has 1 heterocycles. The van der Waals surface area contributed by atoms with Crippen LogP contribution >= 0.6 is 0 Å². The zero-order valence-corrected chi connectivity index (χ0v) is 6.70. The number of nitrogens with zero attached hydrogens (tertiary/aromatic N) is 3. The van der Waals surface area contributed by atoms with Crippen molar-refractivity contribution in [3.05, 3.63) is 0 Å². The molecule has 0 saturated carbocycles. The first-order valence-electron chi connectivity index (χ1n) is 3.54. The maximum Gasteiger partial charge on any atom is 0.124 e. The second-order valence-electron chi connectivity index (χ2n) is 2.48. The van der Waals surface area contributed by atoms with Gasteiger partial charge >= 0.3 is 0 Å². The van der Waals surface area contributed by atoms with Gasteiger partial charge in [-0.3, -0.25) is 0 Å². The third-order valence-corrected chi connectivity index (χ3v) is 1.60. The lowest BCUT2D eigenvalue weighted by Gasteiger charge is -2.24. The molecule has 3 heteroatoms. The lowest BCUT2D eigenvalue weighted by atomic mass is 10.3. The van der Waals surface area contributed by atoms with Crippen LogP contribution in [0.3, 0.4) is 0 Å². The van der Waals surface area contributed by atoms with Crippen LogP contribution in [0.1, 0.15) is 20.3 Å². The Kier molecular flexibility index (Phi) is 2.04. The molecule has 0 amide bonds. The molecular formula is C7H13N3. The molecule has 1 aliphatic heterocycles. The van der Waals surface area contributed by atoms with E-state index in [2.05, 4.69) is 16.9 Å². The van der Waals surface area contributed by atoms with E-state index in [-0.39, 0.29) is 0 Å². The zero-order valence-electron chi connectivity index (χ0n) is 6.70. The maximum absolute atomic E-state index is 4.33. The van der Waals surface area contributed by atoms with Crippen LogP contribution in [-0.4, -0.2) is 30.3 Å². The van der Waals surface area contributed by atoms with Crippen molar-refractivity contribution in [1.29, 1.82) is 0 Å². The molecule has 0 saturated heterocycles. The van der Waals surface area contributed by atoms with Crippen molar-refractivity contribution in [2.45, 2.75) is 26.4 Å². The summed E-state index contributed by atoms with van der Waals surface area (Å²) in [6, 6.07) is 0. The second kappa shape index (κ2) is 2.82. The fourth-order valence-electron chi connectivity index (χ4n) is 0.971. The van der Waals surface area contributed by atoms with Gasteiger partial charge in [0.25, 0.3) is 0 Å². The molecular weight excluding hydrogens is 126 g/mol. The topological polar surface area (TPSA) is 28.0 Å². The van der Waals surface area contributed by atoms with Crippen molar-refractivity contribution in [2.24, 2.45) is 9.98 Å². The first kappa shape index (κ1) is 7.25. The Morgan fingerprint density at radius 2 is 2.40 bits per heavy atom. The van der Waals surface area contributed by atoms with Crippen molar-refractivity contribution in [1.82, 2.24) is 4.90 Å². The van der Waals surface area contributed by atoms with Crippen LogP contribution < -0.4 is 0 Å². The molecule has 0 radical (unpaired) electrons. The standard InChI is InChI=1S/C7H13N3/c1-4-7-9-6(2)8-5-10(7)3/h5,7H,4H2,1-3H3. The van der Waals surface area contributed by atoms with Gasteiger partial charge in [-0.2, -0.15) is 0 Å². The molecule has 0 fully saturated rings. The van der Waals surface area contributed by atoms with Gasteiger partial charge in [-0.15, -0.1) is 0 Å². The van der Waals surface area contributed by atoms with Crippen molar-refractivity contribution in [2.75, 3.05) is 7.05 Å². The second-order valence-corrected chi connectivity index (χ2v) is 2.48. The average Bonchev–Trinajstić information content (AvgIpc) is 1.94. The van der Waals surface area contributed by atoms with E-state index < -0.39 is 0 Å². The van der Waals surface area contributed by atoms with Crippen LogP contribution in [-0.2, 0) is 0 Å². The van der Waals surface area contributed by atoms with Gasteiger partial charge in [0.15, 0.2) is 0 Å². The van der Waals surface area contributed by atoms with Crippen molar-refractivity contribution in [3.63, 3.8) is 0 Å². The summed E-state index contributed by atoms with van der Waals surface area (Å²) in [5.74, 6) is 0.880. The summed E-state index contributed by atoms with van der Waals surface area (Å²) in [5.41, 5.74) is 0. The van der Waals surface area contributed by atoms with Crippen molar-refractivity contribution >= 4 is 12.2 Å². The van der Waals surface area contributed by atoms with E-state index in [1.165, 1.54) is 0 Å². The molecule has 56 valence electrons. The molecule has 0 aromatic carbocycles. The van der Waals surface area contributed by atoms with Crippen LogP contribution in [0.2, 0.25) is 0 Å². The van der Waals surface area contributed by atoms with Crippen molar-refractivity contribution < 1.29 is 0 Å². The van der Waals surface area contributed by atoms with E-state index in [9.17, 15) is 0 Å². The summed E-state index contributed by atoms with van der Waals surface area (Å²) >= 11 is 0. The highest BCUT2D eigenvalue weighted by molar-refractivity contribution is 5.88. The van der Waals surface area contributed by atoms with E-state index >= 15 is 0 Å². The number of rotatable bonds is 1. The number of aliphatic imine (C=N–C) groups is 2. The average molecular weight is 139 g/mol. The quantitative estimate of drug-likeness (QED) is 0.535. The molecule has 0 aromatic heterocycles. The molecule has 1 unspecified atom stereocenters. The Balaban J connectivity index is 2.67. The van der Waals surface area contributed by atoms with Gasteiger partial charge < -0.3 is 4.90 Å². The largest absolute Gasteiger partial charge is 0.344 e. The lowest BCUT2D eigenvalue weighted by molar-refractivity contribution is 0.371. The van der Waals surface area contributed by atoms with E-state index in [1.54, 1.807) is 0 Å². The zero-order chi connectivity index (χ0) is 7.56. The van der Waals surface area contributed by atoms with Gasteiger partial charge in [-0.25, -0.2) is 9.98 Å². The smallest absolute Gasteiger partial charge is 0.124 e. The molecule has 0 aliphatic carbocycles. The first-order valence-corrected chi connectivity index (χ1v) is 3.54. The summed E-state index contributed by atoms with van der Waals surface area (Å²) in [6.07, 6.45) is 3.17. The lowest BCUT2D eigenvalue weighted by Crippen LogP contribution is -2.31. The minimum Gasteiger partial charge on any atom is -0.344 e. The summed E-state index contributed by atoms with van der Waals surface area (Å²) in [7, 11) is 1.99. The minimum atomic E-state index is 0.303. The normalized spacial score (nSPS) is 24.9. The first-order chi connectivity index (χ1) is 4.74. The van der Waals surface area contributed by atoms with E-state index in [1.807, 2.05) is 25.2 Å². The predicted octanol–water partition coefficient (Wildman–Crippen LogP) is 1.11. The van der Waals surface area contributed by atoms with Crippen LogP contribution in [0.4, 0.5) is 0 Å². The molecule has 10 heavy (non-hydrogen) atoms. The molecule has 1 aliphatic rings. The highest BCUT2D eigenvalue weighted by Crippen LogP contribution is 2.05. The molecule has 1 atom stereocenters. The Morgan fingerprint density at radius 3 is 2.90 bits per heavy atom. The summed E-state index contributed by atoms with van der Waals surface area (Å²) in [4.78, 5) is 10.4. The number of hydrogen-bond acceptors (Lipinski definition) is 3. The van der Waals surface area contributed by atoms with Gasteiger partial charge in [-0.05, 0) is 13.3 Å². The third-order valence-electron chi connectivity index (χ3n) is 1.60. The fraction of sp³-hybridized carbons (Fsp3) is 0.714. The van der Waals surface area contributed by atoms with Gasteiger partial charge in [0.05, 0.1) is 6.34 Å². The fourth-order valence-corrected chi connectivity index (χ4v) is 0.971. The highest BCUT2D eigenvalue weighted by atomic mass is 15.3. The Bertz CT molecular complexity index is 172. The molecule has 0 aromatic rings. The monoisotopic (exact) mass is 139 g/mol. The highest BCUT2D eigenvalue weighted by Gasteiger charge is 2.10. The predicted molar refractivity (Wildman–Crippen MR) is 43.4 cm³/mol. The molecule has 1 rings (SSSR count). The minimum absolute atomic E-state index is 0.303. The molecule has 0 bridgehead atoms. The van der Waals surface area contributed by atoms with Crippen LogP contribution in [0.5, 0.6) is 0 Å². The molecule has 0 N–H and O–H groups in total. The molecule has 0 spiro atoms. The maximum atomic E-state index is 4.33. The summed E-state index contributed by atoms with van der Waals surface area (Å²) in [6.45, 7) is 4.04. The summed E-state index contributed by atoms with van der Waals surface area (Å²) in [5, 5.41) is 0. The van der Waals surface area contributed by atoms with E-state index in [4.69, 9.17) is 0 Å². The number of amidine groups is 1. The van der Waals surface area contributed by atoms with E-state index in [0.29, 0.717) is 6.17 Å². The Labute approximate surface area is 61.5 Å². The van der Waals surface area contributed by atoms with E-state index in [0.717, 1.165) is 12.3 Å². The third kappa shape index (κ3) is 1.35. The SMILES string of the molecule is CCC1N=C(C)N=CN1C. The summed E-state index contributed by atoms with van der Waals surface area (Å²) < 4.78 is 0. The number of hydrogen-bond donors (Lipinski definition) is 0. The van der Waals surface area contributed by atoms with Gasteiger partial charge in [0, 0.05) is 7.05 Å². The van der Waals surface area contributed by atoms with Gasteiger partial charge in [-0.1, -0.05) is 6.92 Å². The van der Waals surface area contributed by atoms with Crippen LogP contribution in [0.15, 0.2) is 9.98 Å².